The maximum Gasteiger partial charge on any atom is 0.272 e. The van der Waals surface area contributed by atoms with Gasteiger partial charge in [-0.2, -0.15) is 5.10 Å². The number of benzene rings is 1. The molecule has 2 aromatic rings. The van der Waals surface area contributed by atoms with E-state index in [4.69, 9.17) is 10.5 Å². The minimum atomic E-state index is -0.235. The molecule has 2 heterocycles. The third-order valence-electron chi connectivity index (χ3n) is 3.81. The predicted molar refractivity (Wildman–Crippen MR) is 76.4 cm³/mol. The molecule has 1 amide bonds. The third kappa shape index (κ3) is 2.34. The number of hydrogen-bond donors (Lipinski definition) is 3. The first-order valence-electron chi connectivity index (χ1n) is 6.71. The van der Waals surface area contributed by atoms with E-state index in [1.807, 2.05) is 13.0 Å². The van der Waals surface area contributed by atoms with Gasteiger partial charge in [0.1, 0.15) is 0 Å². The zero-order valence-corrected chi connectivity index (χ0v) is 11.4. The number of amides is 1. The van der Waals surface area contributed by atoms with Crippen molar-refractivity contribution in [1.82, 2.24) is 15.5 Å². The summed E-state index contributed by atoms with van der Waals surface area (Å²) in [6.45, 7) is 3.38. The summed E-state index contributed by atoms with van der Waals surface area (Å²) in [6, 6.07) is 5.37. The summed E-state index contributed by atoms with van der Waals surface area (Å²) in [4.78, 5) is 12.4. The molecule has 1 fully saturated rings. The van der Waals surface area contributed by atoms with Gasteiger partial charge in [0.15, 0.2) is 5.69 Å². The minimum absolute atomic E-state index is 0.175. The van der Waals surface area contributed by atoms with Crippen LogP contribution in [0.5, 0.6) is 0 Å². The molecule has 0 unspecified atom stereocenters. The number of nitrogens with two attached hydrogens (primary N) is 1. The van der Waals surface area contributed by atoms with Crippen LogP contribution in [0.2, 0.25) is 0 Å². The van der Waals surface area contributed by atoms with Crippen LogP contribution in [0.1, 0.15) is 30.3 Å². The molecule has 0 saturated carbocycles. The predicted octanol–water partition coefficient (Wildman–Crippen LogP) is 1.44. The van der Waals surface area contributed by atoms with Gasteiger partial charge in [-0.1, -0.05) is 0 Å². The summed E-state index contributed by atoms with van der Waals surface area (Å²) in [5, 5.41) is 10.8. The third-order valence-corrected chi connectivity index (χ3v) is 3.81. The molecule has 0 bridgehead atoms. The van der Waals surface area contributed by atoms with E-state index < -0.39 is 0 Å². The highest BCUT2D eigenvalue weighted by molar-refractivity contribution is 6.05. The summed E-state index contributed by atoms with van der Waals surface area (Å²) >= 11 is 0. The van der Waals surface area contributed by atoms with Crippen molar-refractivity contribution in [2.75, 3.05) is 18.9 Å². The molecule has 6 heteroatoms. The van der Waals surface area contributed by atoms with Crippen molar-refractivity contribution in [3.8, 4) is 0 Å². The monoisotopic (exact) mass is 274 g/mol. The Morgan fingerprint density at radius 1 is 1.45 bits per heavy atom. The SMILES string of the molecule is CC1(NC(=O)c2n[nH]c3ccc(N)cc23)CCOCC1. The standard InChI is InChI=1S/C14H18N4O2/c1-14(4-6-20-7-5-14)16-13(19)12-10-8-9(15)2-3-11(10)17-18-12/h2-3,8H,4-7,15H2,1H3,(H,16,19)(H,17,18). The number of fused-ring (bicyclic) bond motifs is 1. The highest BCUT2D eigenvalue weighted by atomic mass is 16.5. The lowest BCUT2D eigenvalue weighted by atomic mass is 9.92. The second kappa shape index (κ2) is 4.79. The van der Waals surface area contributed by atoms with Crippen LogP contribution in [0.4, 0.5) is 5.69 Å². The first kappa shape index (κ1) is 12.9. The second-order valence-corrected chi connectivity index (χ2v) is 5.50. The van der Waals surface area contributed by atoms with Crippen LogP contribution in [-0.4, -0.2) is 34.9 Å². The number of carbonyl (C=O) groups excluding carboxylic acids is 1. The highest BCUT2D eigenvalue weighted by Gasteiger charge is 2.30. The quantitative estimate of drug-likeness (QED) is 0.722. The number of aromatic nitrogens is 2. The number of anilines is 1. The molecular formula is C14H18N4O2. The molecule has 0 radical (unpaired) electrons. The Labute approximate surface area is 116 Å². The van der Waals surface area contributed by atoms with Gasteiger partial charge in [-0.05, 0) is 38.0 Å². The van der Waals surface area contributed by atoms with Crippen LogP contribution < -0.4 is 11.1 Å². The first-order valence-corrected chi connectivity index (χ1v) is 6.71. The highest BCUT2D eigenvalue weighted by Crippen LogP contribution is 2.23. The number of hydrogen-bond acceptors (Lipinski definition) is 4. The van der Waals surface area contributed by atoms with Crippen molar-refractivity contribution >= 4 is 22.5 Å². The summed E-state index contributed by atoms with van der Waals surface area (Å²) in [7, 11) is 0. The van der Waals surface area contributed by atoms with E-state index in [-0.39, 0.29) is 11.4 Å². The fourth-order valence-electron chi connectivity index (χ4n) is 2.48. The smallest absolute Gasteiger partial charge is 0.272 e. The number of H-pyrrole nitrogens is 1. The van der Waals surface area contributed by atoms with Crippen molar-refractivity contribution < 1.29 is 9.53 Å². The summed E-state index contributed by atoms with van der Waals surface area (Å²) in [5.74, 6) is -0.175. The molecule has 3 rings (SSSR count). The van der Waals surface area contributed by atoms with E-state index in [0.29, 0.717) is 24.6 Å². The molecule has 0 aliphatic carbocycles. The molecule has 1 saturated heterocycles. The van der Waals surface area contributed by atoms with Gasteiger partial charge < -0.3 is 15.8 Å². The van der Waals surface area contributed by atoms with Crippen LogP contribution in [-0.2, 0) is 4.74 Å². The Bertz CT molecular complexity index is 644. The maximum absolute atomic E-state index is 12.4. The van der Waals surface area contributed by atoms with Crippen molar-refractivity contribution in [1.29, 1.82) is 0 Å². The zero-order valence-electron chi connectivity index (χ0n) is 11.4. The summed E-state index contributed by atoms with van der Waals surface area (Å²) < 4.78 is 5.33. The van der Waals surface area contributed by atoms with Gasteiger partial charge >= 0.3 is 0 Å². The lowest BCUT2D eigenvalue weighted by molar-refractivity contribution is 0.0422. The molecule has 106 valence electrons. The molecule has 1 aromatic carbocycles. The average molecular weight is 274 g/mol. The number of carbonyl (C=O) groups is 1. The van der Waals surface area contributed by atoms with Crippen LogP contribution in [0.3, 0.4) is 0 Å². The van der Waals surface area contributed by atoms with Crippen LogP contribution >= 0.6 is 0 Å². The Kier molecular flexibility index (Phi) is 3.10. The summed E-state index contributed by atoms with van der Waals surface area (Å²) in [5.41, 5.74) is 7.35. The molecule has 20 heavy (non-hydrogen) atoms. The van der Waals surface area contributed by atoms with Crippen LogP contribution in [0.25, 0.3) is 10.9 Å². The van der Waals surface area contributed by atoms with Gasteiger partial charge in [0.05, 0.1) is 5.52 Å². The van der Waals surface area contributed by atoms with Crippen LogP contribution in [0.15, 0.2) is 18.2 Å². The van der Waals surface area contributed by atoms with Gasteiger partial charge in [-0.15, -0.1) is 0 Å². The van der Waals surface area contributed by atoms with E-state index in [2.05, 4.69) is 15.5 Å². The lowest BCUT2D eigenvalue weighted by Gasteiger charge is -2.34. The van der Waals surface area contributed by atoms with Gasteiger partial charge in [-0.3, -0.25) is 9.89 Å². The summed E-state index contributed by atoms with van der Waals surface area (Å²) in [6.07, 6.45) is 1.62. The normalized spacial score (nSPS) is 18.1. The van der Waals surface area contributed by atoms with Gasteiger partial charge in [0.25, 0.3) is 5.91 Å². The maximum atomic E-state index is 12.4. The Balaban J connectivity index is 1.87. The average Bonchev–Trinajstić information content (AvgIpc) is 2.82. The molecule has 6 nitrogen and oxygen atoms in total. The zero-order chi connectivity index (χ0) is 14.2. The van der Waals surface area contributed by atoms with Crippen molar-refractivity contribution in [2.24, 2.45) is 0 Å². The van der Waals surface area contributed by atoms with Gasteiger partial charge in [0, 0.05) is 29.8 Å². The first-order chi connectivity index (χ1) is 9.57. The molecule has 4 N–H and O–H groups in total. The molecule has 0 atom stereocenters. The number of nitrogens with one attached hydrogen (secondary N) is 2. The van der Waals surface area contributed by atoms with Crippen molar-refractivity contribution in [2.45, 2.75) is 25.3 Å². The minimum Gasteiger partial charge on any atom is -0.399 e. The topological polar surface area (TPSA) is 93.0 Å². The van der Waals surface area contributed by atoms with Crippen LogP contribution in [0, 0.1) is 0 Å². The Morgan fingerprint density at radius 3 is 2.95 bits per heavy atom. The molecule has 1 aliphatic heterocycles. The number of rotatable bonds is 2. The van der Waals surface area contributed by atoms with Crippen molar-refractivity contribution in [3.05, 3.63) is 23.9 Å². The largest absolute Gasteiger partial charge is 0.399 e. The lowest BCUT2D eigenvalue weighted by Crippen LogP contribution is -2.49. The molecule has 0 spiro atoms. The van der Waals surface area contributed by atoms with Gasteiger partial charge in [0.2, 0.25) is 0 Å². The fourth-order valence-corrected chi connectivity index (χ4v) is 2.48. The van der Waals surface area contributed by atoms with Crippen molar-refractivity contribution in [3.63, 3.8) is 0 Å². The Hall–Kier alpha value is -2.08. The van der Waals surface area contributed by atoms with E-state index >= 15 is 0 Å². The fraction of sp³-hybridized carbons (Fsp3) is 0.429. The number of ether oxygens (including phenoxy) is 1. The number of nitrogen functional groups attached to an aromatic ring is 1. The molecule has 1 aliphatic rings. The Morgan fingerprint density at radius 2 is 2.20 bits per heavy atom. The van der Waals surface area contributed by atoms with E-state index in [1.54, 1.807) is 12.1 Å². The van der Waals surface area contributed by atoms with E-state index in [0.717, 1.165) is 23.7 Å². The molecular weight excluding hydrogens is 256 g/mol. The number of aromatic amines is 1. The second-order valence-electron chi connectivity index (χ2n) is 5.50. The molecule has 1 aromatic heterocycles. The van der Waals surface area contributed by atoms with E-state index in [9.17, 15) is 4.79 Å². The number of nitrogens with zero attached hydrogens (tertiary/aromatic N) is 1. The van der Waals surface area contributed by atoms with Gasteiger partial charge in [-0.25, -0.2) is 0 Å². The van der Waals surface area contributed by atoms with E-state index in [1.165, 1.54) is 0 Å².